The predicted octanol–water partition coefficient (Wildman–Crippen LogP) is 3.39. The first-order valence-electron chi connectivity index (χ1n) is 6.50. The number of nitrogens with one attached hydrogen (secondary N) is 1. The van der Waals surface area contributed by atoms with Gasteiger partial charge >= 0.3 is 0 Å². The van der Waals surface area contributed by atoms with E-state index in [1.807, 2.05) is 11.8 Å². The van der Waals surface area contributed by atoms with Gasteiger partial charge in [-0.05, 0) is 33.1 Å². The Balaban J connectivity index is 2.61. The third kappa shape index (κ3) is 4.44. The van der Waals surface area contributed by atoms with Crippen molar-refractivity contribution in [3.8, 4) is 0 Å². The number of aromatic nitrogens is 1. The molecule has 18 heavy (non-hydrogen) atoms. The van der Waals surface area contributed by atoms with Crippen LogP contribution in [0.1, 0.15) is 38.9 Å². The Labute approximate surface area is 119 Å². The Morgan fingerprint density at radius 1 is 1.50 bits per heavy atom. The van der Waals surface area contributed by atoms with Crippen LogP contribution < -0.4 is 10.2 Å². The van der Waals surface area contributed by atoms with Crippen LogP contribution in [0.4, 0.5) is 5.13 Å². The Morgan fingerprint density at radius 2 is 2.22 bits per heavy atom. The molecule has 1 rings (SSSR count). The molecule has 0 saturated carbocycles. The SMILES string of the molecule is CCCNC(C)c1csc(N(C)C(C)CSC)n1. The highest BCUT2D eigenvalue weighted by molar-refractivity contribution is 7.98. The lowest BCUT2D eigenvalue weighted by Gasteiger charge is -2.23. The third-order valence-electron chi connectivity index (χ3n) is 3.02. The molecule has 0 saturated heterocycles. The smallest absolute Gasteiger partial charge is 0.185 e. The number of hydrogen-bond donors (Lipinski definition) is 1. The fourth-order valence-electron chi connectivity index (χ4n) is 1.64. The van der Waals surface area contributed by atoms with E-state index < -0.39 is 0 Å². The molecule has 0 aromatic carbocycles. The molecule has 0 aliphatic heterocycles. The van der Waals surface area contributed by atoms with Gasteiger partial charge in [-0.25, -0.2) is 4.98 Å². The Morgan fingerprint density at radius 3 is 2.83 bits per heavy atom. The number of nitrogens with zero attached hydrogens (tertiary/aromatic N) is 2. The van der Waals surface area contributed by atoms with E-state index >= 15 is 0 Å². The summed E-state index contributed by atoms with van der Waals surface area (Å²) in [5.41, 5.74) is 1.16. The maximum absolute atomic E-state index is 4.74. The number of anilines is 1. The zero-order valence-electron chi connectivity index (χ0n) is 12.1. The van der Waals surface area contributed by atoms with Crippen LogP contribution in [-0.4, -0.2) is 36.6 Å². The zero-order valence-corrected chi connectivity index (χ0v) is 13.7. The van der Waals surface area contributed by atoms with Gasteiger partial charge in [0.25, 0.3) is 0 Å². The van der Waals surface area contributed by atoms with Gasteiger partial charge in [-0.1, -0.05) is 6.92 Å². The van der Waals surface area contributed by atoms with E-state index in [4.69, 9.17) is 4.98 Å². The predicted molar refractivity (Wildman–Crippen MR) is 85.1 cm³/mol. The van der Waals surface area contributed by atoms with Crippen LogP contribution in [0.3, 0.4) is 0 Å². The van der Waals surface area contributed by atoms with Crippen molar-refractivity contribution in [3.63, 3.8) is 0 Å². The van der Waals surface area contributed by atoms with E-state index in [2.05, 4.69) is 49.7 Å². The molecule has 0 spiro atoms. The number of thiazole rings is 1. The fourth-order valence-corrected chi connectivity index (χ4v) is 3.34. The summed E-state index contributed by atoms with van der Waals surface area (Å²) >= 11 is 3.62. The van der Waals surface area contributed by atoms with Gasteiger partial charge in [0, 0.05) is 30.3 Å². The minimum absolute atomic E-state index is 0.346. The number of hydrogen-bond acceptors (Lipinski definition) is 5. The first-order valence-corrected chi connectivity index (χ1v) is 8.78. The van der Waals surface area contributed by atoms with E-state index in [0.717, 1.165) is 29.5 Å². The van der Waals surface area contributed by atoms with E-state index in [9.17, 15) is 0 Å². The summed E-state index contributed by atoms with van der Waals surface area (Å²) in [6, 6.07) is 0.872. The van der Waals surface area contributed by atoms with Gasteiger partial charge < -0.3 is 10.2 Å². The molecule has 0 aliphatic rings. The topological polar surface area (TPSA) is 28.2 Å². The molecule has 1 aromatic rings. The molecule has 5 heteroatoms. The van der Waals surface area contributed by atoms with E-state index in [0.29, 0.717) is 12.1 Å². The minimum Gasteiger partial charge on any atom is -0.348 e. The fraction of sp³-hybridized carbons (Fsp3) is 0.769. The summed E-state index contributed by atoms with van der Waals surface area (Å²) < 4.78 is 0. The molecule has 1 heterocycles. The van der Waals surface area contributed by atoms with Crippen LogP contribution in [0.2, 0.25) is 0 Å². The van der Waals surface area contributed by atoms with Gasteiger partial charge in [-0.2, -0.15) is 11.8 Å². The second-order valence-corrected chi connectivity index (χ2v) is 6.39. The summed E-state index contributed by atoms with van der Waals surface area (Å²) in [4.78, 5) is 7.01. The largest absolute Gasteiger partial charge is 0.348 e. The maximum atomic E-state index is 4.74. The summed E-state index contributed by atoms with van der Waals surface area (Å²) in [6.07, 6.45) is 3.31. The van der Waals surface area contributed by atoms with Gasteiger partial charge in [0.2, 0.25) is 0 Å². The molecule has 2 unspecified atom stereocenters. The highest BCUT2D eigenvalue weighted by Gasteiger charge is 2.15. The molecule has 0 amide bonds. The second-order valence-electron chi connectivity index (χ2n) is 4.65. The van der Waals surface area contributed by atoms with E-state index in [1.54, 1.807) is 11.3 Å². The third-order valence-corrected chi connectivity index (χ3v) is 4.79. The maximum Gasteiger partial charge on any atom is 0.185 e. The Bertz CT molecular complexity index is 341. The quantitative estimate of drug-likeness (QED) is 0.793. The minimum atomic E-state index is 0.346. The van der Waals surface area contributed by atoms with Gasteiger partial charge in [0.15, 0.2) is 5.13 Å². The van der Waals surface area contributed by atoms with Gasteiger partial charge in [-0.15, -0.1) is 11.3 Å². The summed E-state index contributed by atoms with van der Waals surface area (Å²) in [5, 5.41) is 6.77. The molecule has 0 aliphatic carbocycles. The lowest BCUT2D eigenvalue weighted by Crippen LogP contribution is -2.30. The van der Waals surface area contributed by atoms with Crippen molar-refractivity contribution < 1.29 is 0 Å². The van der Waals surface area contributed by atoms with Crippen molar-refractivity contribution in [2.75, 3.05) is 30.5 Å². The molecule has 2 atom stereocenters. The highest BCUT2D eigenvalue weighted by Crippen LogP contribution is 2.25. The number of thioether (sulfide) groups is 1. The van der Waals surface area contributed by atoms with Crippen molar-refractivity contribution in [3.05, 3.63) is 11.1 Å². The van der Waals surface area contributed by atoms with Crippen LogP contribution in [0.25, 0.3) is 0 Å². The first-order chi connectivity index (χ1) is 8.60. The normalized spacial score (nSPS) is 14.5. The summed E-state index contributed by atoms with van der Waals surface area (Å²) in [6.45, 7) is 7.66. The molecule has 0 radical (unpaired) electrons. The molecule has 1 aromatic heterocycles. The van der Waals surface area contributed by atoms with Gasteiger partial charge in [0.05, 0.1) is 5.69 Å². The lowest BCUT2D eigenvalue weighted by molar-refractivity contribution is 0.560. The monoisotopic (exact) mass is 287 g/mol. The molecular formula is C13H25N3S2. The van der Waals surface area contributed by atoms with Crippen molar-refractivity contribution in [1.29, 1.82) is 0 Å². The van der Waals surface area contributed by atoms with Crippen LogP contribution in [-0.2, 0) is 0 Å². The van der Waals surface area contributed by atoms with E-state index in [-0.39, 0.29) is 0 Å². The molecule has 0 fully saturated rings. The van der Waals surface area contributed by atoms with Crippen LogP contribution >= 0.6 is 23.1 Å². The molecular weight excluding hydrogens is 262 g/mol. The van der Waals surface area contributed by atoms with Crippen molar-refractivity contribution in [2.45, 2.75) is 39.3 Å². The Kier molecular flexibility index (Phi) is 7.04. The van der Waals surface area contributed by atoms with Gasteiger partial charge in [0.1, 0.15) is 0 Å². The summed E-state index contributed by atoms with van der Waals surface area (Å²) in [5.74, 6) is 1.13. The zero-order chi connectivity index (χ0) is 13.5. The molecule has 104 valence electrons. The molecule has 0 bridgehead atoms. The standard InChI is InChI=1S/C13H25N3S2/c1-6-7-14-11(3)12-9-18-13(15-12)16(4)10(2)8-17-5/h9-11,14H,6-8H2,1-5H3. The van der Waals surface area contributed by atoms with Crippen molar-refractivity contribution in [1.82, 2.24) is 10.3 Å². The van der Waals surface area contributed by atoms with Crippen molar-refractivity contribution in [2.24, 2.45) is 0 Å². The molecule has 3 nitrogen and oxygen atoms in total. The van der Waals surface area contributed by atoms with Crippen molar-refractivity contribution >= 4 is 28.2 Å². The van der Waals surface area contributed by atoms with Gasteiger partial charge in [-0.3, -0.25) is 0 Å². The second kappa shape index (κ2) is 8.02. The average Bonchev–Trinajstić information content (AvgIpc) is 2.84. The Hall–Kier alpha value is -0.260. The number of rotatable bonds is 8. The molecule has 1 N–H and O–H groups in total. The average molecular weight is 287 g/mol. The van der Waals surface area contributed by atoms with Crippen LogP contribution in [0.5, 0.6) is 0 Å². The van der Waals surface area contributed by atoms with Crippen LogP contribution in [0.15, 0.2) is 5.38 Å². The lowest BCUT2D eigenvalue weighted by atomic mass is 10.2. The first kappa shape index (κ1) is 15.8. The van der Waals surface area contributed by atoms with E-state index in [1.165, 1.54) is 0 Å². The highest BCUT2D eigenvalue weighted by atomic mass is 32.2. The summed E-state index contributed by atoms with van der Waals surface area (Å²) in [7, 11) is 2.13. The van der Waals surface area contributed by atoms with Crippen LogP contribution in [0, 0.1) is 0 Å².